The summed E-state index contributed by atoms with van der Waals surface area (Å²) in [5.74, 6) is 0. The molecule has 1 amide bonds. The number of pyridine rings is 1. The fourth-order valence-electron chi connectivity index (χ4n) is 1.03. The maximum absolute atomic E-state index is 10.3. The average Bonchev–Trinajstić information content (AvgIpc) is 2.26. The summed E-state index contributed by atoms with van der Waals surface area (Å²) in [4.78, 5) is 14.4. The zero-order valence-corrected chi connectivity index (χ0v) is 8.97. The number of anilines is 1. The molecule has 16 heavy (non-hydrogen) atoms. The molecule has 1 heterocycles. The maximum atomic E-state index is 10.3. The van der Waals surface area contributed by atoms with E-state index in [9.17, 15) is 4.79 Å². The molecule has 1 aromatic rings. The molecule has 0 aromatic carbocycles. The van der Waals surface area contributed by atoms with Crippen LogP contribution in [-0.4, -0.2) is 36.5 Å². The highest BCUT2D eigenvalue weighted by Crippen LogP contribution is 2.06. The Morgan fingerprint density at radius 2 is 2.31 bits per heavy atom. The average molecular weight is 226 g/mol. The second-order valence-electron chi connectivity index (χ2n) is 3.01. The van der Waals surface area contributed by atoms with Gasteiger partial charge >= 0.3 is 6.09 Å². The standard InChI is InChI=1S/C10H14N2O4/c1-15-4-5-16-7-9-3-2-8(6-11-9)12-10(13)14/h2-3,6,12H,4-5,7H2,1H3,(H,13,14). The van der Waals surface area contributed by atoms with Crippen LogP contribution in [0.15, 0.2) is 18.3 Å². The summed E-state index contributed by atoms with van der Waals surface area (Å²) in [6.07, 6.45) is 0.342. The van der Waals surface area contributed by atoms with E-state index in [-0.39, 0.29) is 0 Å². The van der Waals surface area contributed by atoms with Gasteiger partial charge in [0.2, 0.25) is 0 Å². The predicted molar refractivity (Wildman–Crippen MR) is 57.4 cm³/mol. The van der Waals surface area contributed by atoms with Crippen LogP contribution in [0.4, 0.5) is 10.5 Å². The highest BCUT2D eigenvalue weighted by atomic mass is 16.5. The SMILES string of the molecule is COCCOCc1ccc(NC(=O)O)cn1. The van der Waals surface area contributed by atoms with Gasteiger partial charge in [-0.1, -0.05) is 0 Å². The Balaban J connectivity index is 2.36. The Labute approximate surface area is 93.2 Å². The van der Waals surface area contributed by atoms with Crippen LogP contribution in [0.3, 0.4) is 0 Å². The van der Waals surface area contributed by atoms with Crippen molar-refractivity contribution in [2.45, 2.75) is 6.61 Å². The van der Waals surface area contributed by atoms with Crippen molar-refractivity contribution >= 4 is 11.8 Å². The molecule has 6 nitrogen and oxygen atoms in total. The highest BCUT2D eigenvalue weighted by Gasteiger charge is 1.99. The van der Waals surface area contributed by atoms with Crippen molar-refractivity contribution in [2.24, 2.45) is 0 Å². The van der Waals surface area contributed by atoms with Gasteiger partial charge in [0, 0.05) is 7.11 Å². The third-order valence-electron chi connectivity index (χ3n) is 1.76. The van der Waals surface area contributed by atoms with Gasteiger partial charge in [-0.25, -0.2) is 4.79 Å². The fraction of sp³-hybridized carbons (Fsp3) is 0.400. The number of methoxy groups -OCH3 is 1. The molecule has 0 bridgehead atoms. The number of hydrogen-bond donors (Lipinski definition) is 2. The molecule has 0 saturated heterocycles. The number of carboxylic acid groups (broad SMARTS) is 1. The van der Waals surface area contributed by atoms with Crippen molar-refractivity contribution in [1.82, 2.24) is 4.98 Å². The van der Waals surface area contributed by atoms with Gasteiger partial charge in [0.25, 0.3) is 0 Å². The number of rotatable bonds is 6. The molecule has 0 aliphatic carbocycles. The van der Waals surface area contributed by atoms with Crippen molar-refractivity contribution in [1.29, 1.82) is 0 Å². The molecule has 88 valence electrons. The van der Waals surface area contributed by atoms with E-state index in [2.05, 4.69) is 10.3 Å². The molecule has 1 aromatic heterocycles. The Morgan fingerprint density at radius 3 is 2.88 bits per heavy atom. The molecule has 1 rings (SSSR count). The van der Waals surface area contributed by atoms with Crippen molar-refractivity contribution < 1.29 is 19.4 Å². The van der Waals surface area contributed by atoms with Crippen LogP contribution in [0.1, 0.15) is 5.69 Å². The van der Waals surface area contributed by atoms with Crippen molar-refractivity contribution in [3.05, 3.63) is 24.0 Å². The molecular formula is C10H14N2O4. The van der Waals surface area contributed by atoms with E-state index >= 15 is 0 Å². The summed E-state index contributed by atoms with van der Waals surface area (Å²) >= 11 is 0. The fourth-order valence-corrected chi connectivity index (χ4v) is 1.03. The minimum Gasteiger partial charge on any atom is -0.465 e. The molecule has 0 atom stereocenters. The van der Waals surface area contributed by atoms with E-state index in [0.717, 1.165) is 5.69 Å². The summed E-state index contributed by atoms with van der Waals surface area (Å²) in [5.41, 5.74) is 1.18. The lowest BCUT2D eigenvalue weighted by atomic mass is 10.3. The minimum absolute atomic E-state index is 0.386. The Hall–Kier alpha value is -1.66. The molecular weight excluding hydrogens is 212 g/mol. The third-order valence-corrected chi connectivity index (χ3v) is 1.76. The van der Waals surface area contributed by atoms with Crippen molar-refractivity contribution in [2.75, 3.05) is 25.6 Å². The first kappa shape index (κ1) is 12.4. The van der Waals surface area contributed by atoms with E-state index in [1.54, 1.807) is 19.2 Å². The highest BCUT2D eigenvalue weighted by molar-refractivity contribution is 5.82. The van der Waals surface area contributed by atoms with Crippen LogP contribution in [0.5, 0.6) is 0 Å². The number of carbonyl (C=O) groups is 1. The zero-order chi connectivity index (χ0) is 11.8. The molecule has 0 fully saturated rings. The van der Waals surface area contributed by atoms with Gasteiger partial charge < -0.3 is 14.6 Å². The molecule has 0 saturated carbocycles. The Bertz CT molecular complexity index is 326. The van der Waals surface area contributed by atoms with Crippen LogP contribution in [0, 0.1) is 0 Å². The van der Waals surface area contributed by atoms with Gasteiger partial charge in [-0.15, -0.1) is 0 Å². The molecule has 2 N–H and O–H groups in total. The van der Waals surface area contributed by atoms with Gasteiger partial charge in [0.15, 0.2) is 0 Å². The summed E-state index contributed by atoms with van der Waals surface area (Å²) < 4.78 is 10.1. The molecule has 0 aliphatic rings. The van der Waals surface area contributed by atoms with Crippen LogP contribution < -0.4 is 5.32 Å². The lowest BCUT2D eigenvalue weighted by molar-refractivity contribution is 0.0602. The van der Waals surface area contributed by atoms with Gasteiger partial charge in [0.1, 0.15) is 0 Å². The van der Waals surface area contributed by atoms with Crippen molar-refractivity contribution in [3.63, 3.8) is 0 Å². The minimum atomic E-state index is -1.11. The van der Waals surface area contributed by atoms with Crippen LogP contribution >= 0.6 is 0 Å². The van der Waals surface area contributed by atoms with Crippen LogP contribution in [-0.2, 0) is 16.1 Å². The second-order valence-corrected chi connectivity index (χ2v) is 3.01. The second kappa shape index (κ2) is 6.76. The maximum Gasteiger partial charge on any atom is 0.409 e. The number of nitrogens with one attached hydrogen (secondary N) is 1. The molecule has 0 aliphatic heterocycles. The number of amides is 1. The molecule has 0 unspecified atom stereocenters. The summed E-state index contributed by atoms with van der Waals surface area (Å²) in [6, 6.07) is 3.34. The van der Waals surface area contributed by atoms with E-state index in [0.29, 0.717) is 25.5 Å². The zero-order valence-electron chi connectivity index (χ0n) is 8.97. The van der Waals surface area contributed by atoms with Gasteiger partial charge in [0.05, 0.1) is 37.4 Å². The Kier molecular flexibility index (Phi) is 5.24. The first-order chi connectivity index (χ1) is 7.72. The number of hydrogen-bond acceptors (Lipinski definition) is 4. The molecule has 0 radical (unpaired) electrons. The van der Waals surface area contributed by atoms with E-state index < -0.39 is 6.09 Å². The first-order valence-corrected chi connectivity index (χ1v) is 4.74. The predicted octanol–water partition coefficient (Wildman–Crippen LogP) is 1.33. The smallest absolute Gasteiger partial charge is 0.409 e. The monoisotopic (exact) mass is 226 g/mol. The van der Waals surface area contributed by atoms with Gasteiger partial charge in [-0.2, -0.15) is 0 Å². The largest absolute Gasteiger partial charge is 0.465 e. The lowest BCUT2D eigenvalue weighted by Gasteiger charge is -2.04. The lowest BCUT2D eigenvalue weighted by Crippen LogP contribution is -2.08. The number of ether oxygens (including phenoxy) is 2. The topological polar surface area (TPSA) is 80.7 Å². The molecule has 0 spiro atoms. The Morgan fingerprint density at radius 1 is 1.50 bits per heavy atom. The van der Waals surface area contributed by atoms with E-state index in [1.807, 2.05) is 0 Å². The number of nitrogens with zero attached hydrogens (tertiary/aromatic N) is 1. The van der Waals surface area contributed by atoms with Crippen LogP contribution in [0.25, 0.3) is 0 Å². The van der Waals surface area contributed by atoms with Crippen LogP contribution in [0.2, 0.25) is 0 Å². The first-order valence-electron chi connectivity index (χ1n) is 4.74. The third kappa shape index (κ3) is 4.72. The van der Waals surface area contributed by atoms with Gasteiger partial charge in [-0.3, -0.25) is 10.3 Å². The summed E-state index contributed by atoms with van der Waals surface area (Å²) in [6.45, 7) is 1.43. The molecule has 6 heteroatoms. The number of aromatic nitrogens is 1. The van der Waals surface area contributed by atoms with Gasteiger partial charge in [-0.05, 0) is 12.1 Å². The quantitative estimate of drug-likeness (QED) is 0.715. The normalized spacial score (nSPS) is 10.1. The van der Waals surface area contributed by atoms with E-state index in [1.165, 1.54) is 6.20 Å². The van der Waals surface area contributed by atoms with E-state index in [4.69, 9.17) is 14.6 Å². The summed E-state index contributed by atoms with van der Waals surface area (Å²) in [5, 5.41) is 10.7. The summed E-state index contributed by atoms with van der Waals surface area (Å²) in [7, 11) is 1.61. The van der Waals surface area contributed by atoms with Crippen molar-refractivity contribution in [3.8, 4) is 0 Å².